The van der Waals surface area contributed by atoms with Gasteiger partial charge in [-0.1, -0.05) is 54.5 Å². The molecule has 5 heteroatoms. The summed E-state index contributed by atoms with van der Waals surface area (Å²) in [6, 6.07) is 16.1. The number of fused-ring (bicyclic) bond motifs is 3. The van der Waals surface area contributed by atoms with Crippen molar-refractivity contribution in [2.75, 3.05) is 0 Å². The fourth-order valence-corrected chi connectivity index (χ4v) is 3.23. The van der Waals surface area contributed by atoms with E-state index in [9.17, 15) is 0 Å². The van der Waals surface area contributed by atoms with E-state index in [1.165, 1.54) is 22.3 Å². The van der Waals surface area contributed by atoms with Crippen molar-refractivity contribution in [1.82, 2.24) is 20.2 Å². The van der Waals surface area contributed by atoms with Crippen LogP contribution >= 0.6 is 0 Å². The molecule has 0 radical (unpaired) electrons. The van der Waals surface area contributed by atoms with Gasteiger partial charge < -0.3 is 0 Å². The Morgan fingerprint density at radius 2 is 1.86 bits per heavy atom. The summed E-state index contributed by atoms with van der Waals surface area (Å²) in [5, 5.41) is 11.7. The zero-order valence-electron chi connectivity index (χ0n) is 12.6. The fourth-order valence-electron chi connectivity index (χ4n) is 3.23. The van der Waals surface area contributed by atoms with E-state index in [0.717, 1.165) is 11.4 Å². The summed E-state index contributed by atoms with van der Waals surface area (Å²) in [5.74, 6) is 0.740. The van der Waals surface area contributed by atoms with Gasteiger partial charge in [0.25, 0.3) is 0 Å². The van der Waals surface area contributed by atoms with Gasteiger partial charge in [-0.3, -0.25) is 4.68 Å². The predicted octanol–water partition coefficient (Wildman–Crippen LogP) is 2.98. The van der Waals surface area contributed by atoms with Crippen LogP contribution in [0.4, 0.5) is 0 Å². The second-order valence-electron chi connectivity index (χ2n) is 5.97. The second kappa shape index (κ2) is 5.13. The summed E-state index contributed by atoms with van der Waals surface area (Å²) in [5.41, 5.74) is 6.15. The molecule has 114 valence electrons. The molecule has 0 spiro atoms. The van der Waals surface area contributed by atoms with E-state index in [2.05, 4.69) is 71.8 Å². The van der Waals surface area contributed by atoms with E-state index in [1.807, 2.05) is 7.05 Å². The van der Waals surface area contributed by atoms with E-state index < -0.39 is 0 Å². The van der Waals surface area contributed by atoms with Crippen LogP contribution in [0.2, 0.25) is 0 Å². The van der Waals surface area contributed by atoms with Gasteiger partial charge in [-0.15, -0.1) is 29.3 Å². The van der Waals surface area contributed by atoms with E-state index in [1.54, 1.807) is 4.68 Å². The molecule has 4 rings (SSSR count). The summed E-state index contributed by atoms with van der Waals surface area (Å²) >= 11 is 0. The van der Waals surface area contributed by atoms with Crippen LogP contribution in [0.25, 0.3) is 22.5 Å². The van der Waals surface area contributed by atoms with Crippen molar-refractivity contribution in [1.29, 1.82) is 0 Å². The number of aromatic nitrogens is 4. The van der Waals surface area contributed by atoms with Crippen molar-refractivity contribution in [3.05, 3.63) is 53.6 Å². The van der Waals surface area contributed by atoms with Crippen LogP contribution < -0.4 is 0 Å². The molecule has 0 N–H and O–H groups in total. The van der Waals surface area contributed by atoms with Gasteiger partial charge in [0.1, 0.15) is 0 Å². The third-order valence-electron chi connectivity index (χ3n) is 4.38. The van der Waals surface area contributed by atoms with Crippen molar-refractivity contribution in [2.24, 2.45) is 7.05 Å². The molecule has 0 unspecified atom stereocenters. The van der Waals surface area contributed by atoms with Crippen LogP contribution in [0.1, 0.15) is 25.0 Å². The van der Waals surface area contributed by atoms with Crippen LogP contribution in [-0.2, 0) is 33.5 Å². The van der Waals surface area contributed by atoms with E-state index in [4.69, 9.17) is 0 Å². The number of nitrogens with zero attached hydrogens (tertiary/aromatic N) is 4. The van der Waals surface area contributed by atoms with Crippen LogP contribution in [0, 0.1) is 6.07 Å². The van der Waals surface area contributed by atoms with Gasteiger partial charge in [-0.2, -0.15) is 5.10 Å². The predicted molar refractivity (Wildman–Crippen MR) is 80.6 cm³/mol. The maximum atomic E-state index is 4.08. The molecule has 4 nitrogen and oxygen atoms in total. The molecule has 0 atom stereocenters. The number of rotatable bonds is 1. The van der Waals surface area contributed by atoms with Crippen molar-refractivity contribution in [3.63, 3.8) is 0 Å². The van der Waals surface area contributed by atoms with E-state index in [0.29, 0.717) is 0 Å². The van der Waals surface area contributed by atoms with Crippen molar-refractivity contribution >= 4 is 0 Å². The van der Waals surface area contributed by atoms with E-state index in [-0.39, 0.29) is 26.5 Å². The number of hydrogen-bond donors (Lipinski definition) is 0. The first-order chi connectivity index (χ1) is 10.1. The molecule has 0 bridgehead atoms. The van der Waals surface area contributed by atoms with Gasteiger partial charge in [0.05, 0.1) is 5.82 Å². The van der Waals surface area contributed by atoms with Crippen LogP contribution in [0.3, 0.4) is 0 Å². The van der Waals surface area contributed by atoms with Gasteiger partial charge in [0.15, 0.2) is 0 Å². The molecule has 0 amide bonds. The maximum Gasteiger partial charge on any atom is 0.0981 e. The largest absolute Gasteiger partial charge is 0.268 e. The second-order valence-corrected chi connectivity index (χ2v) is 5.97. The minimum absolute atomic E-state index is 0. The van der Waals surface area contributed by atoms with Gasteiger partial charge >= 0.3 is 0 Å². The zero-order valence-corrected chi connectivity index (χ0v) is 14.8. The molecule has 0 fully saturated rings. The smallest absolute Gasteiger partial charge is 0.0981 e. The molecule has 1 aliphatic carbocycles. The first kappa shape index (κ1) is 15.1. The van der Waals surface area contributed by atoms with Gasteiger partial charge in [-0.05, 0) is 16.2 Å². The summed E-state index contributed by atoms with van der Waals surface area (Å²) in [4.78, 5) is 0. The minimum atomic E-state index is -0.0121. The van der Waals surface area contributed by atoms with Gasteiger partial charge in [0, 0.05) is 28.1 Å². The quantitative estimate of drug-likeness (QED) is 0.514. The van der Waals surface area contributed by atoms with Crippen LogP contribution in [0.5, 0.6) is 0 Å². The monoisotopic (exact) mass is 470 g/mol. The first-order valence-electron chi connectivity index (χ1n) is 6.98. The molecule has 0 saturated heterocycles. The summed E-state index contributed by atoms with van der Waals surface area (Å²) < 4.78 is 1.67. The third kappa shape index (κ3) is 1.98. The average Bonchev–Trinajstić information content (AvgIpc) is 3.01. The summed E-state index contributed by atoms with van der Waals surface area (Å²) in [7, 11) is 1.84. The molecule has 0 saturated carbocycles. The van der Waals surface area contributed by atoms with E-state index >= 15 is 0 Å². The summed E-state index contributed by atoms with van der Waals surface area (Å²) in [6.07, 6.45) is 0. The fraction of sp³-hybridized carbons (Fsp3) is 0.235. The molecule has 2 aromatic carbocycles. The third-order valence-corrected chi connectivity index (χ3v) is 4.38. The Balaban J connectivity index is 0.00000144. The Kier molecular flexibility index (Phi) is 3.52. The van der Waals surface area contributed by atoms with Crippen LogP contribution in [0.15, 0.2) is 36.4 Å². The molecule has 22 heavy (non-hydrogen) atoms. The normalized spacial score (nSPS) is 14.1. The zero-order chi connectivity index (χ0) is 14.6. The molecular formula is C17H15N4Pt-. The Labute approximate surface area is 143 Å². The maximum absolute atomic E-state index is 4.08. The minimum Gasteiger partial charge on any atom is -0.268 e. The number of benzene rings is 2. The number of tetrazole rings is 1. The molecule has 1 aliphatic rings. The number of aryl methyl sites for hydroxylation is 1. The van der Waals surface area contributed by atoms with Crippen molar-refractivity contribution in [3.8, 4) is 22.5 Å². The topological polar surface area (TPSA) is 43.6 Å². The molecule has 3 aromatic rings. The van der Waals surface area contributed by atoms with Crippen molar-refractivity contribution < 1.29 is 21.1 Å². The average molecular weight is 470 g/mol. The van der Waals surface area contributed by atoms with Gasteiger partial charge in [0.2, 0.25) is 0 Å². The Morgan fingerprint density at radius 3 is 2.59 bits per heavy atom. The van der Waals surface area contributed by atoms with Crippen molar-refractivity contribution in [2.45, 2.75) is 19.3 Å². The Morgan fingerprint density at radius 1 is 1.09 bits per heavy atom. The molecule has 1 aromatic heterocycles. The van der Waals surface area contributed by atoms with Crippen LogP contribution in [-0.4, -0.2) is 20.2 Å². The summed E-state index contributed by atoms with van der Waals surface area (Å²) in [6.45, 7) is 4.52. The SMILES string of the molecule is Cn1nnnc1-c1[c-]cc2c(c1)C(C)(C)c1ccccc1-2.[Pt]. The number of hydrogen-bond acceptors (Lipinski definition) is 3. The Hall–Kier alpha value is -1.80. The Bertz CT molecular complexity index is 851. The molecule has 0 aliphatic heterocycles. The molecule has 1 heterocycles. The molecular weight excluding hydrogens is 455 g/mol. The first-order valence-corrected chi connectivity index (χ1v) is 6.98. The van der Waals surface area contributed by atoms with Gasteiger partial charge in [-0.25, -0.2) is 0 Å². The standard InChI is InChI=1S/C17H15N4.Pt/c1-17(2)14-7-5-4-6-12(14)13-9-8-11(10-15(13)17)16-18-19-20-21(16)3;/h4-7,9-10H,1-3H3;/q-1;.